The first-order chi connectivity index (χ1) is 12.7. The molecule has 0 unspecified atom stereocenters. The van der Waals surface area contributed by atoms with Crippen LogP contribution in [0.3, 0.4) is 0 Å². The average Bonchev–Trinajstić information content (AvgIpc) is 3.20. The Hall–Kier alpha value is -2.20. The van der Waals surface area contributed by atoms with Gasteiger partial charge in [-0.05, 0) is 49.1 Å². The van der Waals surface area contributed by atoms with Crippen molar-refractivity contribution >= 4 is 5.91 Å². The molecule has 0 aliphatic carbocycles. The molecule has 2 aliphatic rings. The van der Waals surface area contributed by atoms with E-state index in [9.17, 15) is 4.79 Å². The zero-order chi connectivity index (χ0) is 18.1. The number of rotatable bonds is 4. The third-order valence-corrected chi connectivity index (χ3v) is 5.93. The van der Waals surface area contributed by atoms with E-state index in [0.717, 1.165) is 26.2 Å². The third-order valence-electron chi connectivity index (χ3n) is 5.93. The molecule has 4 rings (SSSR count). The maximum absolute atomic E-state index is 13.2. The molecule has 26 heavy (non-hydrogen) atoms. The van der Waals surface area contributed by atoms with Crippen LogP contribution in [-0.2, 0) is 0 Å². The zero-order valence-electron chi connectivity index (χ0n) is 15.6. The van der Waals surface area contributed by atoms with E-state index >= 15 is 0 Å². The third kappa shape index (κ3) is 3.03. The van der Waals surface area contributed by atoms with Crippen molar-refractivity contribution in [2.45, 2.75) is 26.3 Å². The highest BCUT2D eigenvalue weighted by molar-refractivity contribution is 5.92. The van der Waals surface area contributed by atoms with Crippen molar-refractivity contribution in [2.24, 2.45) is 11.8 Å². The number of fused-ring (bicyclic) bond motifs is 1. The van der Waals surface area contributed by atoms with E-state index in [-0.39, 0.29) is 11.9 Å². The molecule has 0 bridgehead atoms. The molecular formula is C22H27N3O. The minimum atomic E-state index is 0.0651. The fraction of sp³-hybridized carbons (Fsp3) is 0.455. The lowest BCUT2D eigenvalue weighted by Gasteiger charge is -2.30. The number of aromatic nitrogens is 1. The summed E-state index contributed by atoms with van der Waals surface area (Å²) in [7, 11) is 0. The molecule has 1 aromatic heterocycles. The summed E-state index contributed by atoms with van der Waals surface area (Å²) in [4.78, 5) is 22.2. The Kier molecular flexibility index (Phi) is 4.77. The summed E-state index contributed by atoms with van der Waals surface area (Å²) >= 11 is 0. The van der Waals surface area contributed by atoms with E-state index in [1.54, 1.807) is 6.20 Å². The predicted octanol–water partition coefficient (Wildman–Crippen LogP) is 3.55. The van der Waals surface area contributed by atoms with Crippen molar-refractivity contribution in [1.82, 2.24) is 14.8 Å². The molecule has 2 aromatic rings. The molecule has 2 saturated heterocycles. The molecule has 0 N–H and O–H groups in total. The molecule has 0 radical (unpaired) electrons. The summed E-state index contributed by atoms with van der Waals surface area (Å²) in [5, 5.41) is 0. The Bertz CT molecular complexity index is 776. The molecule has 1 aromatic carbocycles. The number of pyridine rings is 1. The lowest BCUT2D eigenvalue weighted by Crippen LogP contribution is -2.36. The molecule has 2 fully saturated rings. The number of amides is 1. The average molecular weight is 349 g/mol. The van der Waals surface area contributed by atoms with E-state index in [1.807, 2.05) is 18.2 Å². The van der Waals surface area contributed by atoms with Gasteiger partial charge in [0, 0.05) is 31.7 Å². The largest absolute Gasteiger partial charge is 0.330 e. The van der Waals surface area contributed by atoms with Crippen LogP contribution >= 0.6 is 0 Å². The van der Waals surface area contributed by atoms with Crippen LogP contribution < -0.4 is 0 Å². The zero-order valence-corrected chi connectivity index (χ0v) is 15.6. The van der Waals surface area contributed by atoms with Crippen LogP contribution in [0.2, 0.25) is 0 Å². The molecule has 136 valence electrons. The minimum absolute atomic E-state index is 0.0651. The molecule has 0 spiro atoms. The number of hydrogen-bond donors (Lipinski definition) is 0. The van der Waals surface area contributed by atoms with Crippen LogP contribution in [0, 0.1) is 18.8 Å². The standard InChI is InChI=1S/C22H27N3O/c1-3-12-24-13-17-14-25(22(26)20-10-6-7-11-23-20)21(19(17)15-24)18-9-5-4-8-16(18)2/h4-11,17,19,21H,3,12-15H2,1-2H3/t17-,19-,21+/m0/s1. The Labute approximate surface area is 155 Å². The normalized spacial score (nSPS) is 25.5. The molecule has 4 heteroatoms. The summed E-state index contributed by atoms with van der Waals surface area (Å²) in [5.41, 5.74) is 3.12. The first-order valence-electron chi connectivity index (χ1n) is 9.69. The smallest absolute Gasteiger partial charge is 0.272 e. The molecule has 2 aliphatic heterocycles. The van der Waals surface area contributed by atoms with Crippen molar-refractivity contribution < 1.29 is 4.79 Å². The van der Waals surface area contributed by atoms with Gasteiger partial charge in [-0.1, -0.05) is 37.3 Å². The molecule has 1 amide bonds. The van der Waals surface area contributed by atoms with E-state index in [4.69, 9.17) is 0 Å². The molecule has 4 nitrogen and oxygen atoms in total. The maximum atomic E-state index is 13.2. The Morgan fingerprint density at radius 1 is 1.12 bits per heavy atom. The van der Waals surface area contributed by atoms with Crippen molar-refractivity contribution in [3.8, 4) is 0 Å². The summed E-state index contributed by atoms with van der Waals surface area (Å²) in [6.45, 7) is 8.58. The predicted molar refractivity (Wildman–Crippen MR) is 103 cm³/mol. The number of nitrogens with zero attached hydrogens (tertiary/aromatic N) is 3. The van der Waals surface area contributed by atoms with Crippen LogP contribution in [0.4, 0.5) is 0 Å². The lowest BCUT2D eigenvalue weighted by molar-refractivity contribution is 0.0694. The molecule has 3 atom stereocenters. The van der Waals surface area contributed by atoms with Gasteiger partial charge in [0.2, 0.25) is 0 Å². The SMILES string of the molecule is CCCN1C[C@H]2CN(C(=O)c3ccccn3)[C@H](c3ccccc3C)[C@H]2C1. The van der Waals surface area contributed by atoms with Crippen molar-refractivity contribution in [3.05, 3.63) is 65.5 Å². The van der Waals surface area contributed by atoms with E-state index in [2.05, 4.69) is 52.9 Å². The van der Waals surface area contributed by atoms with Crippen LogP contribution in [0.1, 0.15) is 41.0 Å². The Balaban J connectivity index is 1.68. The van der Waals surface area contributed by atoms with E-state index < -0.39 is 0 Å². The van der Waals surface area contributed by atoms with Gasteiger partial charge in [0.05, 0.1) is 6.04 Å². The molecular weight excluding hydrogens is 322 g/mol. The topological polar surface area (TPSA) is 36.4 Å². The van der Waals surface area contributed by atoms with E-state index in [0.29, 0.717) is 17.5 Å². The van der Waals surface area contributed by atoms with Gasteiger partial charge in [0.1, 0.15) is 5.69 Å². The summed E-state index contributed by atoms with van der Waals surface area (Å²) in [5.74, 6) is 1.13. The number of hydrogen-bond acceptors (Lipinski definition) is 3. The monoisotopic (exact) mass is 349 g/mol. The van der Waals surface area contributed by atoms with Crippen molar-refractivity contribution in [1.29, 1.82) is 0 Å². The number of carbonyl (C=O) groups excluding carboxylic acids is 1. The van der Waals surface area contributed by atoms with Crippen LogP contribution in [0.25, 0.3) is 0 Å². The highest BCUT2D eigenvalue weighted by atomic mass is 16.2. The second-order valence-corrected chi connectivity index (χ2v) is 7.66. The van der Waals surface area contributed by atoms with Gasteiger partial charge in [-0.15, -0.1) is 0 Å². The Morgan fingerprint density at radius 2 is 1.92 bits per heavy atom. The maximum Gasteiger partial charge on any atom is 0.272 e. The van der Waals surface area contributed by atoms with E-state index in [1.165, 1.54) is 17.5 Å². The van der Waals surface area contributed by atoms with Crippen molar-refractivity contribution in [3.63, 3.8) is 0 Å². The number of carbonyl (C=O) groups is 1. The lowest BCUT2D eigenvalue weighted by atomic mass is 9.87. The Morgan fingerprint density at radius 3 is 2.65 bits per heavy atom. The summed E-state index contributed by atoms with van der Waals surface area (Å²) < 4.78 is 0. The fourth-order valence-electron chi connectivity index (χ4n) is 4.80. The number of likely N-dealkylation sites (tertiary alicyclic amines) is 2. The fourth-order valence-corrected chi connectivity index (χ4v) is 4.80. The van der Waals surface area contributed by atoms with Gasteiger partial charge in [-0.25, -0.2) is 0 Å². The second-order valence-electron chi connectivity index (χ2n) is 7.66. The quantitative estimate of drug-likeness (QED) is 0.847. The second kappa shape index (κ2) is 7.20. The van der Waals surface area contributed by atoms with Crippen LogP contribution in [0.15, 0.2) is 48.7 Å². The van der Waals surface area contributed by atoms with Crippen molar-refractivity contribution in [2.75, 3.05) is 26.2 Å². The highest BCUT2D eigenvalue weighted by Crippen LogP contribution is 2.46. The number of aryl methyl sites for hydroxylation is 1. The molecule has 3 heterocycles. The highest BCUT2D eigenvalue weighted by Gasteiger charge is 2.49. The first-order valence-corrected chi connectivity index (χ1v) is 9.69. The van der Waals surface area contributed by atoms with Gasteiger partial charge >= 0.3 is 0 Å². The number of benzene rings is 1. The first kappa shape index (κ1) is 17.2. The van der Waals surface area contributed by atoms with Gasteiger partial charge in [-0.2, -0.15) is 0 Å². The van der Waals surface area contributed by atoms with Crippen LogP contribution in [0.5, 0.6) is 0 Å². The van der Waals surface area contributed by atoms with Gasteiger partial charge < -0.3 is 9.80 Å². The summed E-state index contributed by atoms with van der Waals surface area (Å²) in [6.07, 6.45) is 2.89. The minimum Gasteiger partial charge on any atom is -0.330 e. The van der Waals surface area contributed by atoms with Gasteiger partial charge in [-0.3, -0.25) is 9.78 Å². The summed E-state index contributed by atoms with van der Waals surface area (Å²) in [6, 6.07) is 14.3. The van der Waals surface area contributed by atoms with Crippen LogP contribution in [-0.4, -0.2) is 46.9 Å². The van der Waals surface area contributed by atoms with Gasteiger partial charge in [0.25, 0.3) is 5.91 Å². The van der Waals surface area contributed by atoms with Gasteiger partial charge in [0.15, 0.2) is 0 Å². The molecule has 0 saturated carbocycles.